The van der Waals surface area contributed by atoms with Crippen LogP contribution < -0.4 is 9.80 Å². The van der Waals surface area contributed by atoms with Crippen LogP contribution in [0.4, 0.5) is 11.4 Å². The quantitative estimate of drug-likeness (QED) is 0.554. The van der Waals surface area contributed by atoms with E-state index >= 15 is 0 Å². The van der Waals surface area contributed by atoms with E-state index in [0.29, 0.717) is 6.17 Å². The molecule has 0 unspecified atom stereocenters. The second-order valence-electron chi connectivity index (χ2n) is 7.10. The Bertz CT molecular complexity index is 976. The van der Waals surface area contributed by atoms with E-state index in [1.807, 2.05) is 0 Å². The number of para-hydroxylation sites is 3. The lowest BCUT2D eigenvalue weighted by atomic mass is 10.1. The molecule has 1 aromatic heterocycles. The van der Waals surface area contributed by atoms with E-state index in [1.165, 1.54) is 27.8 Å². The highest BCUT2D eigenvalue weighted by Gasteiger charge is 2.32. The van der Waals surface area contributed by atoms with Crippen molar-refractivity contribution < 1.29 is 0 Å². The first kappa shape index (κ1) is 16.0. The molecule has 1 saturated heterocycles. The average Bonchev–Trinajstić information content (AvgIpc) is 3.34. The number of aromatic amines is 1. The summed E-state index contributed by atoms with van der Waals surface area (Å²) in [4.78, 5) is 8.51. The minimum Gasteiger partial charge on any atom is -0.361 e. The summed E-state index contributed by atoms with van der Waals surface area (Å²) in [5.41, 5.74) is 5.17. The van der Waals surface area contributed by atoms with Crippen molar-refractivity contribution in [2.24, 2.45) is 0 Å². The van der Waals surface area contributed by atoms with Crippen LogP contribution in [0.3, 0.4) is 0 Å². The van der Waals surface area contributed by atoms with Crippen molar-refractivity contribution in [1.29, 1.82) is 0 Å². The highest BCUT2D eigenvalue weighted by atomic mass is 15.4. The number of hydrogen-bond donors (Lipinski definition) is 1. The number of hydrogen-bond acceptors (Lipinski definition) is 2. The molecular weight excluding hydrogens is 330 g/mol. The number of benzene rings is 3. The fraction of sp³-hybridized carbons (Fsp3) is 0.167. The minimum absolute atomic E-state index is 0.300. The lowest BCUT2D eigenvalue weighted by Crippen LogP contribution is -2.40. The minimum atomic E-state index is 0.300. The third kappa shape index (κ3) is 2.95. The van der Waals surface area contributed by atoms with Gasteiger partial charge in [0.1, 0.15) is 6.17 Å². The summed E-state index contributed by atoms with van der Waals surface area (Å²) in [5, 5.41) is 1.32. The van der Waals surface area contributed by atoms with Gasteiger partial charge in [-0.15, -0.1) is 0 Å². The van der Waals surface area contributed by atoms with Crippen LogP contribution >= 0.6 is 0 Å². The lowest BCUT2D eigenvalue weighted by Gasteiger charge is -2.33. The monoisotopic (exact) mass is 353 g/mol. The Balaban J connectivity index is 1.54. The molecule has 4 aromatic rings. The summed E-state index contributed by atoms with van der Waals surface area (Å²) in [6, 6.07) is 30.1. The zero-order chi connectivity index (χ0) is 18.1. The number of rotatable bonds is 4. The summed E-state index contributed by atoms with van der Waals surface area (Å²) in [6.07, 6.45) is 3.46. The molecule has 0 saturated carbocycles. The van der Waals surface area contributed by atoms with Gasteiger partial charge in [0.05, 0.1) is 0 Å². The maximum atomic E-state index is 3.43. The predicted molar refractivity (Wildman–Crippen MR) is 113 cm³/mol. The highest BCUT2D eigenvalue weighted by molar-refractivity contribution is 5.83. The molecule has 1 N–H and O–H groups in total. The van der Waals surface area contributed by atoms with Crippen molar-refractivity contribution in [3.8, 4) is 0 Å². The maximum Gasteiger partial charge on any atom is 0.106 e. The van der Waals surface area contributed by atoms with E-state index in [9.17, 15) is 0 Å². The van der Waals surface area contributed by atoms with E-state index in [-0.39, 0.29) is 0 Å². The van der Waals surface area contributed by atoms with Gasteiger partial charge in [-0.1, -0.05) is 54.6 Å². The lowest BCUT2D eigenvalue weighted by molar-refractivity contribution is 0.665. The van der Waals surface area contributed by atoms with Crippen molar-refractivity contribution in [1.82, 2.24) is 4.98 Å². The summed E-state index contributed by atoms with van der Waals surface area (Å²) in [7, 11) is 0. The Kier molecular flexibility index (Phi) is 4.06. The predicted octanol–water partition coefficient (Wildman–Crippen LogP) is 5.06. The van der Waals surface area contributed by atoms with Gasteiger partial charge in [0.2, 0.25) is 0 Å². The van der Waals surface area contributed by atoms with Crippen LogP contribution in [-0.4, -0.2) is 24.2 Å². The van der Waals surface area contributed by atoms with Gasteiger partial charge >= 0.3 is 0 Å². The van der Waals surface area contributed by atoms with Crippen LogP contribution in [-0.2, 0) is 6.42 Å². The highest BCUT2D eigenvalue weighted by Crippen LogP contribution is 2.31. The van der Waals surface area contributed by atoms with E-state index in [4.69, 9.17) is 0 Å². The molecule has 1 aliphatic rings. The zero-order valence-corrected chi connectivity index (χ0v) is 15.3. The summed E-state index contributed by atoms with van der Waals surface area (Å²) < 4.78 is 0. The van der Waals surface area contributed by atoms with Crippen molar-refractivity contribution in [2.75, 3.05) is 22.9 Å². The van der Waals surface area contributed by atoms with E-state index in [2.05, 4.69) is 106 Å². The van der Waals surface area contributed by atoms with E-state index < -0.39 is 0 Å². The van der Waals surface area contributed by atoms with E-state index in [0.717, 1.165) is 19.5 Å². The smallest absolute Gasteiger partial charge is 0.106 e. The topological polar surface area (TPSA) is 22.3 Å². The normalized spacial score (nSPS) is 15.0. The Hall–Kier alpha value is -3.20. The Labute approximate surface area is 159 Å². The number of fused-ring (bicyclic) bond motifs is 1. The van der Waals surface area contributed by atoms with E-state index in [1.54, 1.807) is 0 Å². The van der Waals surface area contributed by atoms with Crippen LogP contribution in [0.15, 0.2) is 91.1 Å². The molecule has 3 heteroatoms. The number of nitrogens with one attached hydrogen (secondary N) is 1. The zero-order valence-electron chi connectivity index (χ0n) is 15.3. The summed E-state index contributed by atoms with van der Waals surface area (Å²) >= 11 is 0. The molecule has 0 radical (unpaired) electrons. The van der Waals surface area contributed by atoms with Gasteiger partial charge < -0.3 is 14.8 Å². The fourth-order valence-electron chi connectivity index (χ4n) is 4.24. The van der Waals surface area contributed by atoms with Gasteiger partial charge in [0.15, 0.2) is 0 Å². The van der Waals surface area contributed by atoms with Crippen LogP contribution in [0.25, 0.3) is 10.9 Å². The van der Waals surface area contributed by atoms with Crippen molar-refractivity contribution in [2.45, 2.75) is 12.6 Å². The van der Waals surface area contributed by atoms with Gasteiger partial charge in [0.25, 0.3) is 0 Å². The summed E-state index contributed by atoms with van der Waals surface area (Å²) in [6.45, 7) is 2.07. The van der Waals surface area contributed by atoms with Gasteiger partial charge in [-0.3, -0.25) is 0 Å². The Morgan fingerprint density at radius 3 is 1.89 bits per heavy atom. The van der Waals surface area contributed by atoms with Gasteiger partial charge in [-0.2, -0.15) is 0 Å². The molecule has 3 nitrogen and oxygen atoms in total. The average molecular weight is 353 g/mol. The number of aromatic nitrogens is 1. The molecule has 1 aliphatic heterocycles. The van der Waals surface area contributed by atoms with Crippen molar-refractivity contribution >= 4 is 22.3 Å². The molecule has 0 aliphatic carbocycles. The molecule has 0 bridgehead atoms. The third-order valence-electron chi connectivity index (χ3n) is 5.55. The Morgan fingerprint density at radius 1 is 0.704 bits per heavy atom. The van der Waals surface area contributed by atoms with Gasteiger partial charge in [0, 0.05) is 48.0 Å². The van der Waals surface area contributed by atoms with Crippen LogP contribution in [0.1, 0.15) is 5.56 Å². The van der Waals surface area contributed by atoms with Crippen LogP contribution in [0.5, 0.6) is 0 Å². The SMILES string of the molecule is c1ccc(N2CCN(c3ccccc3)C2Cc2c[nH]c3ccccc23)cc1. The largest absolute Gasteiger partial charge is 0.361 e. The van der Waals surface area contributed by atoms with Crippen molar-refractivity contribution in [3.05, 3.63) is 96.7 Å². The van der Waals surface area contributed by atoms with Gasteiger partial charge in [-0.25, -0.2) is 0 Å². The maximum absolute atomic E-state index is 3.43. The van der Waals surface area contributed by atoms with Gasteiger partial charge in [-0.05, 0) is 35.9 Å². The molecule has 3 aromatic carbocycles. The standard InChI is InChI=1S/C24H23N3/c1-3-9-20(10-4-1)26-15-16-27(21-11-5-2-6-12-21)24(26)17-19-18-25-23-14-8-7-13-22(19)23/h1-14,18,24-25H,15-17H2. The summed E-state index contributed by atoms with van der Waals surface area (Å²) in [5.74, 6) is 0. The van der Waals surface area contributed by atoms with Crippen molar-refractivity contribution in [3.63, 3.8) is 0 Å². The first-order chi connectivity index (χ1) is 13.4. The fourth-order valence-corrected chi connectivity index (χ4v) is 4.24. The Morgan fingerprint density at radius 2 is 1.26 bits per heavy atom. The van der Waals surface area contributed by atoms with Crippen LogP contribution in [0, 0.1) is 0 Å². The molecule has 1 fully saturated rings. The number of H-pyrrole nitrogens is 1. The first-order valence-electron chi connectivity index (χ1n) is 9.58. The van der Waals surface area contributed by atoms with Crippen LogP contribution in [0.2, 0.25) is 0 Å². The molecule has 0 spiro atoms. The first-order valence-corrected chi connectivity index (χ1v) is 9.58. The molecule has 0 amide bonds. The molecule has 27 heavy (non-hydrogen) atoms. The number of nitrogens with zero attached hydrogens (tertiary/aromatic N) is 2. The number of anilines is 2. The molecular formula is C24H23N3. The second kappa shape index (κ2) is 6.84. The molecule has 134 valence electrons. The molecule has 2 heterocycles. The molecule has 0 atom stereocenters. The molecule has 5 rings (SSSR count). The third-order valence-corrected chi connectivity index (χ3v) is 5.55. The second-order valence-corrected chi connectivity index (χ2v) is 7.10.